The van der Waals surface area contributed by atoms with Crippen molar-refractivity contribution in [3.63, 3.8) is 0 Å². The summed E-state index contributed by atoms with van der Waals surface area (Å²) in [5.41, 5.74) is -0.106. The summed E-state index contributed by atoms with van der Waals surface area (Å²) in [5.74, 6) is -0.531. The Morgan fingerprint density at radius 1 is 1.15 bits per heavy atom. The van der Waals surface area contributed by atoms with Gasteiger partial charge in [-0.15, -0.1) is 0 Å². The van der Waals surface area contributed by atoms with E-state index >= 15 is 0 Å². The van der Waals surface area contributed by atoms with E-state index in [0.717, 1.165) is 10.6 Å². The molecule has 2 aromatic rings. The lowest BCUT2D eigenvalue weighted by Gasteiger charge is -2.36. The molecule has 0 spiro atoms. The fourth-order valence-corrected chi connectivity index (χ4v) is 4.06. The second-order valence-electron chi connectivity index (χ2n) is 8.82. The minimum absolute atomic E-state index is 0.0163. The summed E-state index contributed by atoms with van der Waals surface area (Å²) in [6, 6.07) is 9.83. The lowest BCUT2D eigenvalue weighted by Crippen LogP contribution is -2.46. The van der Waals surface area contributed by atoms with Crippen LogP contribution in [0.5, 0.6) is 0 Å². The number of benzene rings is 1. The molecule has 178 valence electrons. The molecule has 0 atom stereocenters. The van der Waals surface area contributed by atoms with Crippen LogP contribution >= 0.6 is 11.6 Å². The third-order valence-electron chi connectivity index (χ3n) is 6.15. The van der Waals surface area contributed by atoms with E-state index in [2.05, 4.69) is 0 Å². The van der Waals surface area contributed by atoms with Gasteiger partial charge in [0.25, 0.3) is 5.91 Å². The van der Waals surface area contributed by atoms with Gasteiger partial charge in [-0.25, -0.2) is 0 Å². The summed E-state index contributed by atoms with van der Waals surface area (Å²) < 4.78 is 43.6. The summed E-state index contributed by atoms with van der Waals surface area (Å²) in [6.07, 6.45) is -0.0785. The van der Waals surface area contributed by atoms with Gasteiger partial charge >= 0.3 is 6.18 Å². The van der Waals surface area contributed by atoms with Crippen LogP contribution in [0.25, 0.3) is 5.57 Å². The molecule has 0 bridgehead atoms. The maximum atomic E-state index is 14.2. The van der Waals surface area contributed by atoms with E-state index in [9.17, 15) is 23.1 Å². The van der Waals surface area contributed by atoms with Gasteiger partial charge in [-0.3, -0.25) is 4.79 Å². The van der Waals surface area contributed by atoms with E-state index in [1.165, 1.54) is 4.90 Å². The molecule has 0 radical (unpaired) electrons. The fraction of sp³-hybridized carbons (Fsp3) is 0.400. The van der Waals surface area contributed by atoms with Crippen molar-refractivity contribution in [1.29, 1.82) is 0 Å². The van der Waals surface area contributed by atoms with E-state index in [1.807, 2.05) is 0 Å². The predicted octanol–water partition coefficient (Wildman–Crippen LogP) is 6.09. The van der Waals surface area contributed by atoms with Crippen LogP contribution < -0.4 is 0 Å². The molecule has 1 heterocycles. The molecule has 8 heteroatoms. The Morgan fingerprint density at radius 2 is 1.82 bits per heavy atom. The van der Waals surface area contributed by atoms with Gasteiger partial charge in [0, 0.05) is 36.3 Å². The average molecular weight is 481 g/mol. The molecule has 33 heavy (non-hydrogen) atoms. The van der Waals surface area contributed by atoms with E-state index in [0.29, 0.717) is 29.0 Å². The van der Waals surface area contributed by atoms with Crippen LogP contribution in [0.2, 0.25) is 0 Å². The Kier molecular flexibility index (Phi) is 7.44. The molecule has 1 aromatic carbocycles. The first-order chi connectivity index (χ1) is 15.5. The number of carbonyl (C=O) groups excluding carboxylic acids is 1. The van der Waals surface area contributed by atoms with Crippen LogP contribution in [0.1, 0.15) is 60.4 Å². The first-order valence-electron chi connectivity index (χ1n) is 10.7. The number of hydrogen-bond donors (Lipinski definition) is 1. The summed E-state index contributed by atoms with van der Waals surface area (Å²) in [5, 5.41) is 10.0. The number of aliphatic hydroxyl groups is 1. The van der Waals surface area contributed by atoms with Crippen LogP contribution in [-0.2, 0) is 12.7 Å². The molecule has 3 rings (SSSR count). The Morgan fingerprint density at radius 3 is 2.36 bits per heavy atom. The molecule has 0 unspecified atom stereocenters. The second kappa shape index (κ2) is 9.77. The fourth-order valence-electron chi connectivity index (χ4n) is 3.90. The van der Waals surface area contributed by atoms with Crippen molar-refractivity contribution in [3.8, 4) is 0 Å². The largest absolute Gasteiger partial charge is 0.431 e. The van der Waals surface area contributed by atoms with Gasteiger partial charge < -0.3 is 14.6 Å². The van der Waals surface area contributed by atoms with Gasteiger partial charge in [-0.1, -0.05) is 48.0 Å². The summed E-state index contributed by atoms with van der Waals surface area (Å²) >= 11 is 6.07. The molecular formula is C25H28ClF3N2O2. The van der Waals surface area contributed by atoms with E-state index in [4.69, 9.17) is 11.6 Å². The molecule has 1 amide bonds. The first-order valence-corrected chi connectivity index (χ1v) is 11.1. The molecule has 0 saturated heterocycles. The Bertz CT molecular complexity index is 1070. The Labute approximate surface area is 197 Å². The maximum Gasteiger partial charge on any atom is 0.431 e. The van der Waals surface area contributed by atoms with Gasteiger partial charge in [0.15, 0.2) is 0 Å². The van der Waals surface area contributed by atoms with E-state index < -0.39 is 23.3 Å². The molecular weight excluding hydrogens is 453 g/mol. The number of aliphatic hydroxyl groups excluding tert-OH is 1. The number of allylic oxidation sites excluding steroid dienone is 4. The molecule has 4 nitrogen and oxygen atoms in total. The molecule has 1 aliphatic rings. The third kappa shape index (κ3) is 5.53. The van der Waals surface area contributed by atoms with Gasteiger partial charge in [-0.05, 0) is 56.4 Å². The predicted molar refractivity (Wildman–Crippen MR) is 124 cm³/mol. The number of alkyl halides is 3. The van der Waals surface area contributed by atoms with E-state index in [1.54, 1.807) is 63.4 Å². The van der Waals surface area contributed by atoms with Crippen molar-refractivity contribution >= 4 is 23.1 Å². The van der Waals surface area contributed by atoms with Crippen LogP contribution in [-0.4, -0.2) is 39.7 Å². The SMILES string of the molecule is CN(C(=O)c1c(C2=CC=C(Cl)CC2)cc(C(F)(F)F)n1Cc1ccccc1)C(C)(C)CCO. The zero-order valence-corrected chi connectivity index (χ0v) is 19.7. The highest BCUT2D eigenvalue weighted by molar-refractivity contribution is 6.30. The molecule has 0 fully saturated rings. The molecule has 1 N–H and O–H groups in total. The van der Waals surface area contributed by atoms with Crippen molar-refractivity contribution in [2.75, 3.05) is 13.7 Å². The Balaban J connectivity index is 2.24. The van der Waals surface area contributed by atoms with Crippen molar-refractivity contribution < 1.29 is 23.1 Å². The van der Waals surface area contributed by atoms with Gasteiger partial charge in [0.2, 0.25) is 0 Å². The number of rotatable bonds is 7. The molecule has 1 aliphatic carbocycles. The highest BCUT2D eigenvalue weighted by Crippen LogP contribution is 2.39. The number of halogens is 4. The zero-order chi connectivity index (χ0) is 24.4. The van der Waals surface area contributed by atoms with Crippen molar-refractivity contribution in [2.24, 2.45) is 0 Å². The number of amides is 1. The number of hydrogen-bond acceptors (Lipinski definition) is 2. The lowest BCUT2D eigenvalue weighted by molar-refractivity contribution is -0.143. The Hall–Kier alpha value is -2.51. The smallest absolute Gasteiger partial charge is 0.396 e. The summed E-state index contributed by atoms with van der Waals surface area (Å²) in [7, 11) is 1.56. The summed E-state index contributed by atoms with van der Waals surface area (Å²) in [4.78, 5) is 15.1. The zero-order valence-electron chi connectivity index (χ0n) is 18.9. The van der Waals surface area contributed by atoms with Gasteiger partial charge in [0.05, 0.1) is 0 Å². The molecule has 1 aromatic heterocycles. The minimum atomic E-state index is -4.65. The monoisotopic (exact) mass is 480 g/mol. The van der Waals surface area contributed by atoms with Crippen molar-refractivity contribution in [3.05, 3.63) is 76.1 Å². The topological polar surface area (TPSA) is 45.5 Å². The number of nitrogens with zero attached hydrogens (tertiary/aromatic N) is 2. The standard InChI is InChI=1S/C25H28ClF3N2O2/c1-24(2,13-14-32)30(3)23(33)22-20(18-9-11-19(26)12-10-18)15-21(25(27,28)29)31(22)16-17-7-5-4-6-8-17/h4-9,11,15,32H,10,12-14,16H2,1-3H3. The van der Waals surface area contributed by atoms with Gasteiger partial charge in [0.1, 0.15) is 11.4 Å². The average Bonchev–Trinajstić information content (AvgIpc) is 3.13. The van der Waals surface area contributed by atoms with Gasteiger partial charge in [-0.2, -0.15) is 13.2 Å². The maximum absolute atomic E-state index is 14.2. The van der Waals surface area contributed by atoms with Crippen molar-refractivity contribution in [1.82, 2.24) is 9.47 Å². The molecule has 0 saturated carbocycles. The second-order valence-corrected chi connectivity index (χ2v) is 9.30. The summed E-state index contributed by atoms with van der Waals surface area (Å²) in [6.45, 7) is 3.30. The minimum Gasteiger partial charge on any atom is -0.396 e. The lowest BCUT2D eigenvalue weighted by atomic mass is 9.95. The highest BCUT2D eigenvalue weighted by Gasteiger charge is 2.40. The number of aromatic nitrogens is 1. The number of carbonyl (C=O) groups is 1. The third-order valence-corrected chi connectivity index (χ3v) is 6.47. The normalized spacial score (nSPS) is 14.7. The van der Waals surface area contributed by atoms with E-state index in [-0.39, 0.29) is 30.8 Å². The van der Waals surface area contributed by atoms with Crippen LogP contribution in [0.15, 0.2) is 53.6 Å². The van der Waals surface area contributed by atoms with Crippen LogP contribution in [0.4, 0.5) is 13.2 Å². The van der Waals surface area contributed by atoms with Crippen LogP contribution in [0.3, 0.4) is 0 Å². The quantitative estimate of drug-likeness (QED) is 0.521. The van der Waals surface area contributed by atoms with Crippen LogP contribution in [0, 0.1) is 0 Å². The highest BCUT2D eigenvalue weighted by atomic mass is 35.5. The first kappa shape index (κ1) is 25.1. The van der Waals surface area contributed by atoms with Crippen molar-refractivity contribution in [2.45, 2.75) is 51.4 Å². The molecule has 0 aliphatic heterocycles.